The summed E-state index contributed by atoms with van der Waals surface area (Å²) >= 11 is 0. The average molecular weight is 593 g/mol. The number of nitrogens with zero attached hydrogens (tertiary/aromatic N) is 5. The summed E-state index contributed by atoms with van der Waals surface area (Å²) < 4.78 is 27.4. The highest BCUT2D eigenvalue weighted by atomic mass is 19.1. The standard InChI is InChI=1S/C30H33FN6O6/c31-20-7-8-35(17-20)16-18-11-22(19-5-6-25-26(13-19)43-10-9-42-25)33-28(12-18)34-27-14-23-24(15-32-27)37(30(39,40)41)29(38)36(23)21-3-1-2-4-21/h5-6,11-15,20-21,39-41H,1-4,7-10,16-17H2,(H,32,33,34). The second kappa shape index (κ2) is 10.9. The van der Waals surface area contributed by atoms with Gasteiger partial charge in [-0.3, -0.25) is 9.47 Å². The van der Waals surface area contributed by atoms with Crippen LogP contribution in [0.25, 0.3) is 22.3 Å². The number of pyridine rings is 2. The highest BCUT2D eigenvalue weighted by molar-refractivity contribution is 5.79. The number of halogens is 1. The molecule has 12 nitrogen and oxygen atoms in total. The smallest absolute Gasteiger partial charge is 0.377 e. The molecule has 0 amide bonds. The van der Waals surface area contributed by atoms with Gasteiger partial charge in [0.2, 0.25) is 0 Å². The summed E-state index contributed by atoms with van der Waals surface area (Å²) in [5.41, 5.74) is 2.19. The molecule has 43 heavy (non-hydrogen) atoms. The minimum Gasteiger partial charge on any atom is -0.486 e. The van der Waals surface area contributed by atoms with E-state index in [2.05, 4.69) is 15.2 Å². The molecule has 2 fully saturated rings. The molecule has 3 aliphatic rings. The minimum atomic E-state index is -3.38. The quantitative estimate of drug-likeness (QED) is 0.236. The number of imidazole rings is 1. The van der Waals surface area contributed by atoms with Gasteiger partial charge in [0.15, 0.2) is 11.5 Å². The summed E-state index contributed by atoms with van der Waals surface area (Å²) in [5, 5.41) is 33.2. The van der Waals surface area contributed by atoms with Gasteiger partial charge in [-0.05, 0) is 55.2 Å². The van der Waals surface area contributed by atoms with Crippen LogP contribution >= 0.6 is 0 Å². The summed E-state index contributed by atoms with van der Waals surface area (Å²) in [5.74, 6) is 2.17. The summed E-state index contributed by atoms with van der Waals surface area (Å²) in [6.45, 7) is 2.53. The second-order valence-corrected chi connectivity index (χ2v) is 11.4. The van der Waals surface area contributed by atoms with Crippen LogP contribution in [0.4, 0.5) is 16.0 Å². The Morgan fingerprint density at radius 2 is 1.77 bits per heavy atom. The van der Waals surface area contributed by atoms with Gasteiger partial charge in [-0.15, -0.1) is 0 Å². The maximum absolute atomic E-state index is 14.0. The molecule has 1 aromatic carbocycles. The average Bonchev–Trinajstić information content (AvgIpc) is 3.71. The molecule has 5 heterocycles. The van der Waals surface area contributed by atoms with Crippen LogP contribution in [0, 0.1) is 0 Å². The number of hydrogen-bond donors (Lipinski definition) is 4. The molecule has 3 aromatic heterocycles. The second-order valence-electron chi connectivity index (χ2n) is 11.4. The molecule has 0 bridgehead atoms. The van der Waals surface area contributed by atoms with Crippen molar-refractivity contribution < 1.29 is 29.2 Å². The zero-order valence-electron chi connectivity index (χ0n) is 23.4. The van der Waals surface area contributed by atoms with Gasteiger partial charge in [0.05, 0.1) is 22.9 Å². The highest BCUT2D eigenvalue weighted by Crippen LogP contribution is 2.36. The van der Waals surface area contributed by atoms with Gasteiger partial charge < -0.3 is 30.1 Å². The summed E-state index contributed by atoms with van der Waals surface area (Å²) in [6, 6.07) is 11.0. The Morgan fingerprint density at radius 1 is 0.977 bits per heavy atom. The number of anilines is 2. The molecule has 1 aliphatic carbocycles. The van der Waals surface area contributed by atoms with E-state index in [4.69, 9.17) is 14.5 Å². The Bertz CT molecular complexity index is 1730. The maximum Gasteiger partial charge on any atom is 0.377 e. The fourth-order valence-corrected chi connectivity index (χ4v) is 6.40. The normalized spacial score (nSPS) is 19.4. The van der Waals surface area contributed by atoms with Crippen LogP contribution in [0.2, 0.25) is 0 Å². The third-order valence-electron chi connectivity index (χ3n) is 8.35. The van der Waals surface area contributed by atoms with Crippen LogP contribution in [-0.4, -0.2) is 71.8 Å². The van der Waals surface area contributed by atoms with E-state index in [0.717, 1.165) is 36.8 Å². The molecule has 4 N–H and O–H groups in total. The molecule has 13 heteroatoms. The van der Waals surface area contributed by atoms with Crippen LogP contribution in [-0.2, 0) is 12.6 Å². The third-order valence-corrected chi connectivity index (χ3v) is 8.35. The minimum absolute atomic E-state index is 0.0865. The molecular weight excluding hydrogens is 559 g/mol. The van der Waals surface area contributed by atoms with Crippen molar-refractivity contribution in [1.82, 2.24) is 24.0 Å². The molecule has 0 radical (unpaired) electrons. The first-order valence-corrected chi connectivity index (χ1v) is 14.6. The molecule has 1 unspecified atom stereocenters. The lowest BCUT2D eigenvalue weighted by Gasteiger charge is -2.20. The Kier molecular flexibility index (Phi) is 7.04. The molecule has 226 valence electrons. The van der Waals surface area contributed by atoms with Gasteiger partial charge in [0.1, 0.15) is 31.0 Å². The first kappa shape index (κ1) is 27.8. The number of likely N-dealkylation sites (tertiary alicyclic amines) is 1. The Labute approximate surface area is 245 Å². The molecule has 7 rings (SSSR count). The number of rotatable bonds is 7. The monoisotopic (exact) mass is 592 g/mol. The van der Waals surface area contributed by atoms with Crippen molar-refractivity contribution in [3.05, 3.63) is 58.6 Å². The van der Waals surface area contributed by atoms with E-state index in [1.807, 2.05) is 30.3 Å². The van der Waals surface area contributed by atoms with E-state index in [0.29, 0.717) is 78.2 Å². The first-order valence-electron chi connectivity index (χ1n) is 14.6. The zero-order chi connectivity index (χ0) is 29.7. The number of aliphatic hydroxyl groups is 3. The number of hydrogen-bond acceptors (Lipinski definition) is 10. The Balaban J connectivity index is 1.28. The number of nitrogens with one attached hydrogen (secondary N) is 1. The van der Waals surface area contributed by atoms with Crippen molar-refractivity contribution in [3.8, 4) is 22.8 Å². The topological polar surface area (TPSA) is 147 Å². The SMILES string of the molecule is O=c1n(C2CCCC2)c2cc(Nc3cc(CN4CCC(F)C4)cc(-c4ccc5c(c4)OCCO5)n3)ncc2n1C(O)(O)O. The van der Waals surface area contributed by atoms with Crippen LogP contribution in [0.15, 0.2) is 47.4 Å². The van der Waals surface area contributed by atoms with Crippen molar-refractivity contribution in [1.29, 1.82) is 0 Å². The van der Waals surface area contributed by atoms with Crippen molar-refractivity contribution in [2.75, 3.05) is 31.6 Å². The van der Waals surface area contributed by atoms with Crippen molar-refractivity contribution in [2.45, 2.75) is 57.0 Å². The molecule has 0 spiro atoms. The van der Waals surface area contributed by atoms with E-state index in [1.54, 1.807) is 6.07 Å². The molecule has 1 atom stereocenters. The zero-order valence-corrected chi connectivity index (χ0v) is 23.4. The van der Waals surface area contributed by atoms with Crippen LogP contribution < -0.4 is 20.5 Å². The fraction of sp³-hybridized carbons (Fsp3) is 0.433. The van der Waals surface area contributed by atoms with E-state index in [1.165, 1.54) is 10.8 Å². The largest absolute Gasteiger partial charge is 0.486 e. The van der Waals surface area contributed by atoms with Gasteiger partial charge in [0, 0.05) is 37.3 Å². The molecule has 2 aliphatic heterocycles. The summed E-state index contributed by atoms with van der Waals surface area (Å²) in [7, 11) is 0. The maximum atomic E-state index is 14.0. The molecular formula is C30H33FN6O6. The van der Waals surface area contributed by atoms with E-state index in [9.17, 15) is 24.5 Å². The van der Waals surface area contributed by atoms with E-state index in [-0.39, 0.29) is 11.6 Å². The summed E-state index contributed by atoms with van der Waals surface area (Å²) in [6.07, 6.45) is 1.03. The molecule has 1 saturated carbocycles. The number of alkyl halides is 1. The fourth-order valence-electron chi connectivity index (χ4n) is 6.40. The molecule has 1 saturated heterocycles. The lowest BCUT2D eigenvalue weighted by molar-refractivity contribution is -0.374. The van der Waals surface area contributed by atoms with Crippen molar-refractivity contribution in [3.63, 3.8) is 0 Å². The number of ether oxygens (including phenoxy) is 2. The lowest BCUT2D eigenvalue weighted by atomic mass is 10.1. The number of fused-ring (bicyclic) bond motifs is 2. The van der Waals surface area contributed by atoms with Crippen LogP contribution in [0.5, 0.6) is 11.5 Å². The van der Waals surface area contributed by atoms with E-state index >= 15 is 0 Å². The Hall–Kier alpha value is -4.04. The first-order chi connectivity index (χ1) is 20.7. The Morgan fingerprint density at radius 3 is 2.51 bits per heavy atom. The van der Waals surface area contributed by atoms with Crippen LogP contribution in [0.1, 0.15) is 43.7 Å². The van der Waals surface area contributed by atoms with Crippen molar-refractivity contribution >= 4 is 22.7 Å². The van der Waals surface area contributed by atoms with Gasteiger partial charge in [0.25, 0.3) is 0 Å². The van der Waals surface area contributed by atoms with Gasteiger partial charge in [-0.25, -0.2) is 23.7 Å². The predicted octanol–water partition coefficient (Wildman–Crippen LogP) is 2.98. The number of aromatic nitrogens is 4. The van der Waals surface area contributed by atoms with Gasteiger partial charge in [-0.1, -0.05) is 12.8 Å². The third kappa shape index (κ3) is 5.44. The predicted molar refractivity (Wildman–Crippen MR) is 155 cm³/mol. The molecule has 4 aromatic rings. The highest BCUT2D eigenvalue weighted by Gasteiger charge is 2.32. The lowest BCUT2D eigenvalue weighted by Crippen LogP contribution is -2.41. The van der Waals surface area contributed by atoms with Gasteiger partial charge in [-0.2, -0.15) is 0 Å². The number of benzene rings is 1. The summed E-state index contributed by atoms with van der Waals surface area (Å²) in [4.78, 5) is 24.6. The van der Waals surface area contributed by atoms with Crippen molar-refractivity contribution in [2.24, 2.45) is 0 Å². The van der Waals surface area contributed by atoms with Crippen LogP contribution in [0.3, 0.4) is 0 Å². The van der Waals surface area contributed by atoms with E-state index < -0.39 is 18.0 Å². The van der Waals surface area contributed by atoms with Gasteiger partial charge >= 0.3 is 11.8 Å².